The molecule has 1 atom stereocenters. The van der Waals surface area contributed by atoms with Crippen LogP contribution in [0.5, 0.6) is 0 Å². The summed E-state index contributed by atoms with van der Waals surface area (Å²) >= 11 is 3.42. The van der Waals surface area contributed by atoms with Crippen LogP contribution in [0.25, 0.3) is 16.7 Å². The van der Waals surface area contributed by atoms with E-state index in [-0.39, 0.29) is 17.8 Å². The number of halogens is 2. The molecule has 8 nitrogen and oxygen atoms in total. The second-order valence-corrected chi connectivity index (χ2v) is 9.15. The molecule has 4 aromatic rings. The number of nitrogens with zero attached hydrogens (tertiary/aromatic N) is 5. The van der Waals surface area contributed by atoms with Gasteiger partial charge in [-0.2, -0.15) is 0 Å². The number of fused-ring (bicyclic) bond motifs is 1. The van der Waals surface area contributed by atoms with Crippen LogP contribution in [0.2, 0.25) is 0 Å². The lowest BCUT2D eigenvalue weighted by molar-refractivity contribution is -0.123. The summed E-state index contributed by atoms with van der Waals surface area (Å²) in [6.07, 6.45) is 3.27. The van der Waals surface area contributed by atoms with Gasteiger partial charge in [-0.05, 0) is 42.3 Å². The number of hydrogen-bond acceptors (Lipinski definition) is 6. The molecule has 174 valence electrons. The number of rotatable bonds is 5. The van der Waals surface area contributed by atoms with Crippen molar-refractivity contribution in [2.75, 3.05) is 24.5 Å². The molecule has 2 aromatic heterocycles. The van der Waals surface area contributed by atoms with Gasteiger partial charge in [0.1, 0.15) is 24.0 Å². The zero-order valence-corrected chi connectivity index (χ0v) is 20.1. The van der Waals surface area contributed by atoms with Crippen LogP contribution in [0, 0.1) is 12.7 Å². The SMILES string of the molecule is Cc1ccc(-n2cc3c(N4CCNC(C(=O)NCc5ccc(Br)cc5)C4)ncnc3n2)cc1F. The maximum absolute atomic E-state index is 14.1. The van der Waals surface area contributed by atoms with Gasteiger partial charge in [0.25, 0.3) is 0 Å². The molecule has 1 aliphatic heterocycles. The van der Waals surface area contributed by atoms with E-state index >= 15 is 0 Å². The Morgan fingerprint density at radius 3 is 2.85 bits per heavy atom. The number of aromatic nitrogens is 4. The molecule has 0 aliphatic carbocycles. The molecule has 1 unspecified atom stereocenters. The molecule has 1 amide bonds. The number of hydrogen-bond donors (Lipinski definition) is 2. The van der Waals surface area contributed by atoms with Gasteiger partial charge in [-0.25, -0.2) is 19.0 Å². The molecular formula is C24H23BrFN7O. The molecule has 0 spiro atoms. The fourth-order valence-corrected chi connectivity index (χ4v) is 4.23. The number of carbonyl (C=O) groups is 1. The number of amides is 1. The molecule has 5 rings (SSSR count). The van der Waals surface area contributed by atoms with Crippen LogP contribution in [0.15, 0.2) is 59.5 Å². The van der Waals surface area contributed by atoms with E-state index in [0.717, 1.165) is 15.4 Å². The minimum absolute atomic E-state index is 0.0660. The Bertz CT molecular complexity index is 1340. The number of aryl methyl sites for hydroxylation is 1. The van der Waals surface area contributed by atoms with Gasteiger partial charge in [0, 0.05) is 36.8 Å². The molecule has 0 saturated carbocycles. The Kier molecular flexibility index (Phi) is 6.25. The van der Waals surface area contributed by atoms with Crippen molar-refractivity contribution in [1.82, 2.24) is 30.4 Å². The second-order valence-electron chi connectivity index (χ2n) is 8.24. The van der Waals surface area contributed by atoms with Crippen LogP contribution in [-0.2, 0) is 11.3 Å². The van der Waals surface area contributed by atoms with Gasteiger partial charge in [-0.3, -0.25) is 4.79 Å². The van der Waals surface area contributed by atoms with E-state index in [2.05, 4.69) is 46.5 Å². The zero-order valence-electron chi connectivity index (χ0n) is 18.5. The first-order chi connectivity index (χ1) is 16.5. The van der Waals surface area contributed by atoms with Gasteiger partial charge in [-0.15, -0.1) is 5.10 Å². The lowest BCUT2D eigenvalue weighted by atomic mass is 10.1. The highest BCUT2D eigenvalue weighted by molar-refractivity contribution is 9.10. The lowest BCUT2D eigenvalue weighted by Crippen LogP contribution is -2.57. The quantitative estimate of drug-likeness (QED) is 0.417. The lowest BCUT2D eigenvalue weighted by Gasteiger charge is -2.33. The average Bonchev–Trinajstić information content (AvgIpc) is 3.30. The van der Waals surface area contributed by atoms with Crippen molar-refractivity contribution in [2.45, 2.75) is 19.5 Å². The van der Waals surface area contributed by atoms with Crippen LogP contribution in [-0.4, -0.2) is 51.3 Å². The molecule has 2 N–H and O–H groups in total. The van der Waals surface area contributed by atoms with Crippen molar-refractivity contribution in [3.8, 4) is 5.69 Å². The van der Waals surface area contributed by atoms with Gasteiger partial charge >= 0.3 is 0 Å². The Morgan fingerprint density at radius 2 is 2.06 bits per heavy atom. The highest BCUT2D eigenvalue weighted by Gasteiger charge is 2.27. The first kappa shape index (κ1) is 22.4. The highest BCUT2D eigenvalue weighted by atomic mass is 79.9. The van der Waals surface area contributed by atoms with Crippen LogP contribution in [0.1, 0.15) is 11.1 Å². The third-order valence-electron chi connectivity index (χ3n) is 5.89. The highest BCUT2D eigenvalue weighted by Crippen LogP contribution is 2.25. The fraction of sp³-hybridized carbons (Fsp3) is 0.250. The summed E-state index contributed by atoms with van der Waals surface area (Å²) in [5, 5.41) is 11.5. The van der Waals surface area contributed by atoms with Crippen molar-refractivity contribution in [1.29, 1.82) is 0 Å². The predicted octanol–water partition coefficient (Wildman–Crippen LogP) is 3.12. The molecule has 1 aliphatic rings. The number of piperazine rings is 1. The fourth-order valence-electron chi connectivity index (χ4n) is 3.97. The minimum atomic E-state index is -0.379. The predicted molar refractivity (Wildman–Crippen MR) is 131 cm³/mol. The second kappa shape index (κ2) is 9.47. The smallest absolute Gasteiger partial charge is 0.239 e. The van der Waals surface area contributed by atoms with Crippen molar-refractivity contribution >= 4 is 38.7 Å². The molecule has 0 radical (unpaired) electrons. The Labute approximate surface area is 204 Å². The van der Waals surface area contributed by atoms with Crippen LogP contribution in [0.4, 0.5) is 10.2 Å². The summed E-state index contributed by atoms with van der Waals surface area (Å²) in [6.45, 7) is 3.97. The van der Waals surface area contributed by atoms with Gasteiger partial charge in [-0.1, -0.05) is 34.1 Å². The standard InChI is InChI=1S/C24H23BrFN7O/c1-15-2-7-18(10-20(15)26)33-12-19-22(31-33)29-14-30-23(19)32-9-8-27-21(13-32)24(34)28-11-16-3-5-17(25)6-4-16/h2-7,10,12,14,21,27H,8-9,11,13H2,1H3,(H,28,34). The maximum Gasteiger partial charge on any atom is 0.239 e. The van der Waals surface area contributed by atoms with E-state index < -0.39 is 0 Å². The summed E-state index contributed by atoms with van der Waals surface area (Å²) in [6, 6.07) is 12.5. The van der Waals surface area contributed by atoms with E-state index in [1.54, 1.807) is 23.9 Å². The molecule has 2 aromatic carbocycles. The number of anilines is 1. The van der Waals surface area contributed by atoms with Crippen LogP contribution in [0.3, 0.4) is 0 Å². The van der Waals surface area contributed by atoms with Crippen molar-refractivity contribution in [3.05, 3.63) is 76.4 Å². The molecule has 1 fully saturated rings. The van der Waals surface area contributed by atoms with E-state index in [1.807, 2.05) is 30.3 Å². The summed E-state index contributed by atoms with van der Waals surface area (Å²) in [5.74, 6) is 0.349. The Balaban J connectivity index is 1.33. The molecule has 1 saturated heterocycles. The number of nitrogens with one attached hydrogen (secondary N) is 2. The van der Waals surface area contributed by atoms with Gasteiger partial charge in [0.05, 0.1) is 11.1 Å². The number of benzene rings is 2. The third kappa shape index (κ3) is 4.64. The third-order valence-corrected chi connectivity index (χ3v) is 6.42. The van der Waals surface area contributed by atoms with Crippen LogP contribution >= 0.6 is 15.9 Å². The largest absolute Gasteiger partial charge is 0.353 e. The maximum atomic E-state index is 14.1. The number of carbonyl (C=O) groups excluding carboxylic acids is 1. The van der Waals surface area contributed by atoms with Crippen molar-refractivity contribution < 1.29 is 9.18 Å². The zero-order chi connectivity index (χ0) is 23.7. The van der Waals surface area contributed by atoms with Crippen molar-refractivity contribution in [2.24, 2.45) is 0 Å². The molecule has 10 heteroatoms. The van der Waals surface area contributed by atoms with Crippen molar-refractivity contribution in [3.63, 3.8) is 0 Å². The van der Waals surface area contributed by atoms with Gasteiger partial charge < -0.3 is 15.5 Å². The Morgan fingerprint density at radius 1 is 1.24 bits per heavy atom. The molecule has 34 heavy (non-hydrogen) atoms. The van der Waals surface area contributed by atoms with E-state index in [0.29, 0.717) is 48.9 Å². The molecule has 3 heterocycles. The van der Waals surface area contributed by atoms with E-state index in [9.17, 15) is 9.18 Å². The van der Waals surface area contributed by atoms with Gasteiger partial charge in [0.2, 0.25) is 5.91 Å². The van der Waals surface area contributed by atoms with E-state index in [4.69, 9.17) is 0 Å². The van der Waals surface area contributed by atoms with Gasteiger partial charge in [0.15, 0.2) is 5.65 Å². The average molecular weight is 524 g/mol. The topological polar surface area (TPSA) is 88.0 Å². The summed E-state index contributed by atoms with van der Waals surface area (Å²) in [5.41, 5.74) is 2.73. The summed E-state index contributed by atoms with van der Waals surface area (Å²) in [7, 11) is 0. The minimum Gasteiger partial charge on any atom is -0.353 e. The monoisotopic (exact) mass is 523 g/mol. The van der Waals surface area contributed by atoms with E-state index in [1.165, 1.54) is 12.4 Å². The summed E-state index contributed by atoms with van der Waals surface area (Å²) in [4.78, 5) is 23.7. The normalized spacial score (nSPS) is 16.1. The first-order valence-electron chi connectivity index (χ1n) is 11.0. The van der Waals surface area contributed by atoms with Crippen LogP contribution < -0.4 is 15.5 Å². The molecule has 0 bridgehead atoms. The first-order valence-corrected chi connectivity index (χ1v) is 11.7. The Hall–Kier alpha value is -3.37. The summed E-state index contributed by atoms with van der Waals surface area (Å²) < 4.78 is 16.7. The molecular weight excluding hydrogens is 501 g/mol.